The van der Waals surface area contributed by atoms with E-state index in [9.17, 15) is 19.1 Å². The van der Waals surface area contributed by atoms with Gasteiger partial charge in [0.15, 0.2) is 6.04 Å². The van der Waals surface area contributed by atoms with Crippen LogP contribution in [0.25, 0.3) is 11.1 Å². The van der Waals surface area contributed by atoms with E-state index < -0.39 is 23.9 Å². The first kappa shape index (κ1) is 21.6. The van der Waals surface area contributed by atoms with E-state index in [1.165, 1.54) is 17.0 Å². The molecule has 0 aliphatic heterocycles. The molecule has 0 spiro atoms. The lowest BCUT2D eigenvalue weighted by Gasteiger charge is -2.29. The first-order valence-electron chi connectivity index (χ1n) is 10.8. The molecule has 1 N–H and O–H groups in total. The monoisotopic (exact) mass is 509 g/mol. The third kappa shape index (κ3) is 4.02. The van der Waals surface area contributed by atoms with E-state index in [2.05, 4.69) is 28.1 Å². The lowest BCUT2D eigenvalue weighted by Crippen LogP contribution is -2.41. The Morgan fingerprint density at radius 2 is 1.64 bits per heavy atom. The molecule has 0 bridgehead atoms. The molecule has 3 aromatic rings. The number of rotatable bonds is 6. The number of aliphatic carboxylic acids is 1. The highest BCUT2D eigenvalue weighted by molar-refractivity contribution is 9.10. The van der Waals surface area contributed by atoms with E-state index in [1.807, 2.05) is 36.4 Å². The number of carboxylic acids is 1. The number of amides is 1. The second-order valence-electron chi connectivity index (χ2n) is 8.35. The van der Waals surface area contributed by atoms with Crippen molar-refractivity contribution in [2.24, 2.45) is 0 Å². The minimum Gasteiger partial charge on any atom is -0.479 e. The summed E-state index contributed by atoms with van der Waals surface area (Å²) in [6, 6.07) is 18.3. The van der Waals surface area contributed by atoms with Crippen molar-refractivity contribution >= 4 is 28.0 Å². The van der Waals surface area contributed by atoms with E-state index in [-0.39, 0.29) is 24.1 Å². The molecule has 1 fully saturated rings. The molecule has 1 amide bonds. The Morgan fingerprint density at radius 1 is 1.03 bits per heavy atom. The van der Waals surface area contributed by atoms with Crippen LogP contribution in [-0.2, 0) is 9.53 Å². The number of fused-ring (bicyclic) bond motifs is 3. The first-order chi connectivity index (χ1) is 16.0. The van der Waals surface area contributed by atoms with Crippen molar-refractivity contribution in [1.82, 2.24) is 4.90 Å². The van der Waals surface area contributed by atoms with Crippen LogP contribution < -0.4 is 0 Å². The Kier molecular flexibility index (Phi) is 5.66. The topological polar surface area (TPSA) is 66.8 Å². The minimum atomic E-state index is -1.35. The third-order valence-corrected chi connectivity index (χ3v) is 6.97. The van der Waals surface area contributed by atoms with Gasteiger partial charge < -0.3 is 9.84 Å². The van der Waals surface area contributed by atoms with Crippen LogP contribution in [0.15, 0.2) is 71.2 Å². The third-order valence-electron chi connectivity index (χ3n) is 6.25. The van der Waals surface area contributed by atoms with Crippen LogP contribution in [0.4, 0.5) is 9.18 Å². The number of nitrogens with zero attached hydrogens (tertiary/aromatic N) is 1. The van der Waals surface area contributed by atoms with Crippen molar-refractivity contribution in [3.63, 3.8) is 0 Å². The van der Waals surface area contributed by atoms with Gasteiger partial charge in [-0.2, -0.15) is 0 Å². The summed E-state index contributed by atoms with van der Waals surface area (Å²) >= 11 is 3.31. The van der Waals surface area contributed by atoms with Gasteiger partial charge in [-0.15, -0.1) is 0 Å². The zero-order valence-corrected chi connectivity index (χ0v) is 19.2. The molecule has 1 atom stereocenters. The average molecular weight is 510 g/mol. The Hall–Kier alpha value is -3.19. The van der Waals surface area contributed by atoms with Crippen molar-refractivity contribution in [2.75, 3.05) is 6.61 Å². The van der Waals surface area contributed by atoms with Gasteiger partial charge in [0.1, 0.15) is 12.4 Å². The van der Waals surface area contributed by atoms with Gasteiger partial charge in [0.05, 0.1) is 0 Å². The molecule has 168 valence electrons. The standard InChI is InChI=1S/C26H21BrFNO4/c27-23-12-9-15(28)13-21(23)24(25(30)31)29(16-10-11-16)26(32)33-14-22-19-7-3-1-5-17(19)18-6-2-4-8-20(18)22/h1-9,12-13,16,22,24H,10-11,14H2,(H,30,31). The summed E-state index contributed by atoms with van der Waals surface area (Å²) in [5.74, 6) is -1.93. The van der Waals surface area contributed by atoms with E-state index in [0.717, 1.165) is 28.3 Å². The lowest BCUT2D eigenvalue weighted by atomic mass is 9.98. The number of benzene rings is 3. The fraction of sp³-hybridized carbons (Fsp3) is 0.231. The number of carbonyl (C=O) groups excluding carboxylic acids is 1. The number of hydrogen-bond donors (Lipinski definition) is 1. The maximum absolute atomic E-state index is 13.9. The Balaban J connectivity index is 1.42. The predicted octanol–water partition coefficient (Wildman–Crippen LogP) is 6.13. The van der Waals surface area contributed by atoms with Crippen molar-refractivity contribution in [3.8, 4) is 11.1 Å². The SMILES string of the molecule is O=C(O)C(c1cc(F)ccc1Br)N(C(=O)OCC1c2ccccc2-c2ccccc21)C1CC1. The summed E-state index contributed by atoms with van der Waals surface area (Å²) in [4.78, 5) is 26.7. The highest BCUT2D eigenvalue weighted by atomic mass is 79.9. The number of carboxylic acid groups (broad SMARTS) is 1. The molecule has 33 heavy (non-hydrogen) atoms. The molecule has 7 heteroatoms. The molecular weight excluding hydrogens is 489 g/mol. The van der Waals surface area contributed by atoms with E-state index in [4.69, 9.17) is 4.74 Å². The Bertz CT molecular complexity index is 1200. The fourth-order valence-corrected chi connectivity index (χ4v) is 5.08. The second-order valence-corrected chi connectivity index (χ2v) is 9.20. The van der Waals surface area contributed by atoms with Crippen molar-refractivity contribution in [3.05, 3.63) is 93.7 Å². The summed E-state index contributed by atoms with van der Waals surface area (Å²) in [5, 5.41) is 9.99. The summed E-state index contributed by atoms with van der Waals surface area (Å²) in [7, 11) is 0. The van der Waals surface area contributed by atoms with Crippen LogP contribution >= 0.6 is 15.9 Å². The van der Waals surface area contributed by atoms with Gasteiger partial charge in [-0.1, -0.05) is 64.5 Å². The van der Waals surface area contributed by atoms with Gasteiger partial charge in [-0.05, 0) is 53.3 Å². The molecule has 2 aliphatic rings. The number of hydrogen-bond acceptors (Lipinski definition) is 3. The predicted molar refractivity (Wildman–Crippen MR) is 124 cm³/mol. The maximum atomic E-state index is 13.9. The van der Waals surface area contributed by atoms with Crippen LogP contribution in [0.5, 0.6) is 0 Å². The molecule has 3 aromatic carbocycles. The Labute approximate surface area is 198 Å². The van der Waals surface area contributed by atoms with Crippen LogP contribution in [0.1, 0.15) is 41.5 Å². The average Bonchev–Trinajstić information content (AvgIpc) is 3.59. The summed E-state index contributed by atoms with van der Waals surface area (Å²) in [6.45, 7) is 0.0900. The molecule has 0 heterocycles. The first-order valence-corrected chi connectivity index (χ1v) is 11.6. The molecule has 1 unspecified atom stereocenters. The van der Waals surface area contributed by atoms with Gasteiger partial charge >= 0.3 is 12.1 Å². The number of carbonyl (C=O) groups is 2. The van der Waals surface area contributed by atoms with Gasteiger partial charge in [-0.25, -0.2) is 14.0 Å². The zero-order valence-electron chi connectivity index (χ0n) is 17.6. The van der Waals surface area contributed by atoms with E-state index in [1.54, 1.807) is 0 Å². The van der Waals surface area contributed by atoms with E-state index >= 15 is 0 Å². The van der Waals surface area contributed by atoms with Crippen LogP contribution in [0.3, 0.4) is 0 Å². The molecule has 0 radical (unpaired) electrons. The van der Waals surface area contributed by atoms with Crippen molar-refractivity contribution in [1.29, 1.82) is 0 Å². The Morgan fingerprint density at radius 3 is 2.21 bits per heavy atom. The van der Waals surface area contributed by atoms with Crippen molar-refractivity contribution < 1.29 is 23.8 Å². The van der Waals surface area contributed by atoms with Crippen LogP contribution in [-0.4, -0.2) is 34.7 Å². The minimum absolute atomic E-state index is 0.0900. The molecule has 5 rings (SSSR count). The van der Waals surface area contributed by atoms with Gasteiger partial charge in [-0.3, -0.25) is 4.90 Å². The fourth-order valence-electron chi connectivity index (χ4n) is 4.61. The molecule has 0 aromatic heterocycles. The number of halogens is 2. The number of ether oxygens (including phenoxy) is 1. The molecule has 2 aliphatic carbocycles. The second kappa shape index (κ2) is 8.63. The summed E-state index contributed by atoms with van der Waals surface area (Å²) in [6.07, 6.45) is 0.657. The van der Waals surface area contributed by atoms with Crippen molar-refractivity contribution in [2.45, 2.75) is 30.8 Å². The molecule has 5 nitrogen and oxygen atoms in total. The van der Waals surface area contributed by atoms with Gasteiger partial charge in [0.2, 0.25) is 0 Å². The molecule has 0 saturated heterocycles. The quantitative estimate of drug-likeness (QED) is 0.434. The highest BCUT2D eigenvalue weighted by Gasteiger charge is 2.43. The molecular formula is C26H21BrFNO4. The normalized spacial score (nSPS) is 15.5. The van der Waals surface area contributed by atoms with Crippen LogP contribution in [0.2, 0.25) is 0 Å². The summed E-state index contributed by atoms with van der Waals surface area (Å²) < 4.78 is 20.1. The molecule has 1 saturated carbocycles. The highest BCUT2D eigenvalue weighted by Crippen LogP contribution is 2.45. The van der Waals surface area contributed by atoms with E-state index in [0.29, 0.717) is 17.3 Å². The summed E-state index contributed by atoms with van der Waals surface area (Å²) in [5.41, 5.74) is 4.56. The lowest BCUT2D eigenvalue weighted by molar-refractivity contribution is -0.143. The zero-order chi connectivity index (χ0) is 23.1. The van der Waals surface area contributed by atoms with Gasteiger partial charge in [0, 0.05) is 22.0 Å². The maximum Gasteiger partial charge on any atom is 0.411 e. The van der Waals surface area contributed by atoms with Crippen LogP contribution in [0, 0.1) is 5.82 Å². The van der Waals surface area contributed by atoms with Gasteiger partial charge in [0.25, 0.3) is 0 Å². The smallest absolute Gasteiger partial charge is 0.411 e. The largest absolute Gasteiger partial charge is 0.479 e.